The van der Waals surface area contributed by atoms with E-state index in [1.165, 1.54) is 0 Å². The first-order chi connectivity index (χ1) is 7.19. The fourth-order valence-corrected chi connectivity index (χ4v) is 1.26. The van der Waals surface area contributed by atoms with Crippen LogP contribution in [0.2, 0.25) is 0 Å². The molecule has 0 spiro atoms. The molecule has 1 aromatic rings. The molecule has 0 bridgehead atoms. The fourth-order valence-electron chi connectivity index (χ4n) is 1.26. The molecule has 5 heteroatoms. The Kier molecular flexibility index (Phi) is 4.42. The third kappa shape index (κ3) is 3.13. The van der Waals surface area contributed by atoms with Crippen LogP contribution in [0, 0.1) is 13.8 Å². The molecule has 2 N–H and O–H groups in total. The summed E-state index contributed by atoms with van der Waals surface area (Å²) in [5, 5.41) is 8.16. The Morgan fingerprint density at radius 3 is 2.47 bits per heavy atom. The Morgan fingerprint density at radius 2 is 1.93 bits per heavy atom. The molecular formula is C10H19N5. The van der Waals surface area contributed by atoms with Gasteiger partial charge in [0, 0.05) is 13.1 Å². The summed E-state index contributed by atoms with van der Waals surface area (Å²) in [7, 11) is 0. The quantitative estimate of drug-likeness (QED) is 0.771. The summed E-state index contributed by atoms with van der Waals surface area (Å²) in [6.45, 7) is 8.39. The van der Waals surface area contributed by atoms with Gasteiger partial charge in [-0.1, -0.05) is 0 Å². The van der Waals surface area contributed by atoms with Crippen molar-refractivity contribution in [2.75, 3.05) is 24.5 Å². The molecule has 0 aliphatic heterocycles. The minimum Gasteiger partial charge on any atom is -0.340 e. The van der Waals surface area contributed by atoms with Crippen LogP contribution in [0.25, 0.3) is 0 Å². The lowest BCUT2D eigenvalue weighted by molar-refractivity contribution is 0.714. The van der Waals surface area contributed by atoms with Gasteiger partial charge < -0.3 is 10.6 Å². The molecular weight excluding hydrogens is 190 g/mol. The lowest BCUT2D eigenvalue weighted by Gasteiger charge is -2.20. The van der Waals surface area contributed by atoms with Crippen molar-refractivity contribution >= 4 is 5.95 Å². The Bertz CT molecular complexity index is 313. The van der Waals surface area contributed by atoms with Crippen LogP contribution in [0.4, 0.5) is 5.95 Å². The number of rotatable bonds is 5. The van der Waals surface area contributed by atoms with Crippen LogP contribution in [0.15, 0.2) is 0 Å². The van der Waals surface area contributed by atoms with Crippen molar-refractivity contribution in [3.63, 3.8) is 0 Å². The highest BCUT2D eigenvalue weighted by Gasteiger charge is 2.08. The zero-order valence-electron chi connectivity index (χ0n) is 9.69. The number of aryl methyl sites for hydroxylation is 2. The lowest BCUT2D eigenvalue weighted by Crippen LogP contribution is -2.28. The third-order valence-corrected chi connectivity index (χ3v) is 2.38. The Labute approximate surface area is 90.7 Å². The zero-order chi connectivity index (χ0) is 11.3. The summed E-state index contributed by atoms with van der Waals surface area (Å²) in [4.78, 5) is 6.50. The minimum atomic E-state index is 0.689. The number of anilines is 1. The van der Waals surface area contributed by atoms with E-state index in [2.05, 4.69) is 27.0 Å². The summed E-state index contributed by atoms with van der Waals surface area (Å²) in [6.07, 6.45) is 0.949. The number of nitrogens with zero attached hydrogens (tertiary/aromatic N) is 4. The van der Waals surface area contributed by atoms with Gasteiger partial charge in [-0.3, -0.25) is 0 Å². The van der Waals surface area contributed by atoms with Gasteiger partial charge in [0.1, 0.15) is 0 Å². The molecule has 0 aliphatic carbocycles. The lowest BCUT2D eigenvalue weighted by atomic mass is 10.3. The molecule has 1 aromatic heterocycles. The van der Waals surface area contributed by atoms with Gasteiger partial charge in [0.05, 0.1) is 11.4 Å². The van der Waals surface area contributed by atoms with Gasteiger partial charge in [0.15, 0.2) is 0 Å². The maximum Gasteiger partial charge on any atom is 0.245 e. The van der Waals surface area contributed by atoms with E-state index in [1.807, 2.05) is 13.8 Å². The maximum absolute atomic E-state index is 5.48. The largest absolute Gasteiger partial charge is 0.340 e. The van der Waals surface area contributed by atoms with Crippen LogP contribution in [0.1, 0.15) is 24.7 Å². The van der Waals surface area contributed by atoms with E-state index < -0.39 is 0 Å². The summed E-state index contributed by atoms with van der Waals surface area (Å²) in [6, 6.07) is 0. The molecule has 1 heterocycles. The molecule has 15 heavy (non-hydrogen) atoms. The van der Waals surface area contributed by atoms with Crippen LogP contribution in [0.3, 0.4) is 0 Å². The molecule has 0 saturated heterocycles. The van der Waals surface area contributed by atoms with E-state index in [4.69, 9.17) is 5.73 Å². The van der Waals surface area contributed by atoms with Crippen molar-refractivity contribution in [1.82, 2.24) is 15.2 Å². The summed E-state index contributed by atoms with van der Waals surface area (Å²) in [5.74, 6) is 0.703. The van der Waals surface area contributed by atoms with Crippen molar-refractivity contribution in [3.05, 3.63) is 11.4 Å². The van der Waals surface area contributed by atoms with E-state index >= 15 is 0 Å². The first-order valence-electron chi connectivity index (χ1n) is 5.32. The van der Waals surface area contributed by atoms with Gasteiger partial charge in [-0.15, -0.1) is 5.10 Å². The van der Waals surface area contributed by atoms with Crippen molar-refractivity contribution in [3.8, 4) is 0 Å². The highest BCUT2D eigenvalue weighted by atomic mass is 15.3. The van der Waals surface area contributed by atoms with Crippen molar-refractivity contribution in [2.45, 2.75) is 27.2 Å². The Balaban J connectivity index is 2.78. The smallest absolute Gasteiger partial charge is 0.245 e. The number of hydrogen-bond acceptors (Lipinski definition) is 5. The van der Waals surface area contributed by atoms with Crippen molar-refractivity contribution in [1.29, 1.82) is 0 Å². The predicted octanol–water partition coefficient (Wildman–Crippen LogP) is 0.664. The van der Waals surface area contributed by atoms with E-state index in [-0.39, 0.29) is 0 Å². The second-order valence-electron chi connectivity index (χ2n) is 3.50. The highest BCUT2D eigenvalue weighted by molar-refractivity contribution is 5.29. The first kappa shape index (κ1) is 11.8. The molecule has 0 unspecified atom stereocenters. The van der Waals surface area contributed by atoms with Crippen LogP contribution >= 0.6 is 0 Å². The average molecular weight is 209 g/mol. The molecule has 5 nitrogen and oxygen atoms in total. The third-order valence-electron chi connectivity index (χ3n) is 2.38. The topological polar surface area (TPSA) is 67.9 Å². The predicted molar refractivity (Wildman–Crippen MR) is 60.9 cm³/mol. The number of nitrogens with two attached hydrogens (primary N) is 1. The molecule has 0 amide bonds. The average Bonchev–Trinajstić information content (AvgIpc) is 2.24. The van der Waals surface area contributed by atoms with Crippen LogP contribution < -0.4 is 10.6 Å². The van der Waals surface area contributed by atoms with Gasteiger partial charge in [-0.05, 0) is 33.7 Å². The fraction of sp³-hybridized carbons (Fsp3) is 0.700. The maximum atomic E-state index is 5.48. The molecule has 0 saturated carbocycles. The molecule has 0 fully saturated rings. The number of hydrogen-bond donors (Lipinski definition) is 1. The van der Waals surface area contributed by atoms with Crippen molar-refractivity contribution in [2.24, 2.45) is 5.73 Å². The van der Waals surface area contributed by atoms with Crippen molar-refractivity contribution < 1.29 is 0 Å². The summed E-state index contributed by atoms with van der Waals surface area (Å²) >= 11 is 0. The van der Waals surface area contributed by atoms with Crippen LogP contribution in [-0.2, 0) is 0 Å². The monoisotopic (exact) mass is 209 g/mol. The van der Waals surface area contributed by atoms with Gasteiger partial charge in [0.25, 0.3) is 0 Å². The molecule has 84 valence electrons. The second kappa shape index (κ2) is 5.60. The minimum absolute atomic E-state index is 0.689. The highest BCUT2D eigenvalue weighted by Crippen LogP contribution is 2.08. The van der Waals surface area contributed by atoms with E-state index in [9.17, 15) is 0 Å². The van der Waals surface area contributed by atoms with Crippen LogP contribution in [-0.4, -0.2) is 34.8 Å². The van der Waals surface area contributed by atoms with Gasteiger partial charge >= 0.3 is 0 Å². The molecule has 0 aromatic carbocycles. The summed E-state index contributed by atoms with van der Waals surface area (Å²) < 4.78 is 0. The SMILES string of the molecule is CCN(CCCN)c1nnc(C)c(C)n1. The van der Waals surface area contributed by atoms with E-state index in [0.29, 0.717) is 12.5 Å². The molecule has 0 aliphatic rings. The Hall–Kier alpha value is -1.23. The van der Waals surface area contributed by atoms with E-state index in [1.54, 1.807) is 0 Å². The molecule has 1 rings (SSSR count). The standard InChI is InChI=1S/C10H19N5/c1-4-15(7-5-6-11)10-12-8(2)9(3)13-14-10/h4-7,11H2,1-3H3. The van der Waals surface area contributed by atoms with Gasteiger partial charge in [-0.2, -0.15) is 5.10 Å². The van der Waals surface area contributed by atoms with E-state index in [0.717, 1.165) is 30.9 Å². The second-order valence-corrected chi connectivity index (χ2v) is 3.50. The van der Waals surface area contributed by atoms with Gasteiger partial charge in [0.2, 0.25) is 5.95 Å². The number of aromatic nitrogens is 3. The molecule has 0 atom stereocenters. The first-order valence-corrected chi connectivity index (χ1v) is 5.32. The zero-order valence-corrected chi connectivity index (χ0v) is 9.69. The summed E-state index contributed by atoms with van der Waals surface area (Å²) in [5.41, 5.74) is 7.30. The van der Waals surface area contributed by atoms with Gasteiger partial charge in [-0.25, -0.2) is 4.98 Å². The normalized spacial score (nSPS) is 10.4. The Morgan fingerprint density at radius 1 is 1.20 bits per heavy atom. The van der Waals surface area contributed by atoms with Crippen LogP contribution in [0.5, 0.6) is 0 Å². The molecule has 0 radical (unpaired) electrons.